The van der Waals surface area contributed by atoms with Gasteiger partial charge in [-0.25, -0.2) is 4.39 Å². The van der Waals surface area contributed by atoms with E-state index in [9.17, 15) is 9.18 Å². The summed E-state index contributed by atoms with van der Waals surface area (Å²) in [6, 6.07) is 9.91. The van der Waals surface area contributed by atoms with Gasteiger partial charge in [-0.1, -0.05) is 12.1 Å². The Balaban J connectivity index is 2.42. The number of carbonyl (C=O) groups is 1. The Morgan fingerprint density at radius 2 is 1.94 bits per heavy atom. The highest BCUT2D eigenvalue weighted by atomic mass is 19.1. The first kappa shape index (κ1) is 12.3. The van der Waals surface area contributed by atoms with Crippen molar-refractivity contribution in [3.05, 3.63) is 58.9 Å². The van der Waals surface area contributed by atoms with E-state index in [4.69, 9.17) is 4.74 Å². The van der Waals surface area contributed by atoms with Gasteiger partial charge in [0.2, 0.25) is 0 Å². The van der Waals surface area contributed by atoms with Crippen LogP contribution in [-0.4, -0.2) is 6.29 Å². The minimum atomic E-state index is -0.416. The lowest BCUT2D eigenvalue weighted by Gasteiger charge is -2.10. The van der Waals surface area contributed by atoms with Gasteiger partial charge in [0.1, 0.15) is 17.3 Å². The van der Waals surface area contributed by atoms with E-state index in [2.05, 4.69) is 0 Å². The van der Waals surface area contributed by atoms with Gasteiger partial charge in [0, 0.05) is 6.07 Å². The van der Waals surface area contributed by atoms with E-state index in [1.54, 1.807) is 13.0 Å². The molecule has 18 heavy (non-hydrogen) atoms. The van der Waals surface area contributed by atoms with Crippen LogP contribution >= 0.6 is 0 Å². The molecule has 2 aromatic rings. The zero-order valence-corrected chi connectivity index (χ0v) is 10.2. The molecular formula is C15H13FO2. The summed E-state index contributed by atoms with van der Waals surface area (Å²) in [5.74, 6) is 0.414. The Bertz CT molecular complexity index is 591. The standard InChI is InChI=1S/C15H13FO2/c1-10-4-3-5-13(6-10)18-15-8-12(16)7-11(2)14(15)9-17/h3-9H,1-2H3. The molecular weight excluding hydrogens is 231 g/mol. The predicted octanol–water partition coefficient (Wildman–Crippen LogP) is 4.05. The molecule has 0 aromatic heterocycles. The van der Waals surface area contributed by atoms with Crippen molar-refractivity contribution in [3.63, 3.8) is 0 Å². The third kappa shape index (κ3) is 2.56. The monoisotopic (exact) mass is 244 g/mol. The third-order valence-electron chi connectivity index (χ3n) is 2.65. The predicted molar refractivity (Wildman–Crippen MR) is 67.8 cm³/mol. The number of benzene rings is 2. The summed E-state index contributed by atoms with van der Waals surface area (Å²) in [6.07, 6.45) is 0.680. The number of ether oxygens (including phenoxy) is 1. The van der Waals surface area contributed by atoms with E-state index >= 15 is 0 Å². The van der Waals surface area contributed by atoms with E-state index in [1.165, 1.54) is 12.1 Å². The first-order valence-corrected chi connectivity index (χ1v) is 5.60. The van der Waals surface area contributed by atoms with Crippen molar-refractivity contribution in [1.82, 2.24) is 0 Å². The van der Waals surface area contributed by atoms with Crippen molar-refractivity contribution in [1.29, 1.82) is 0 Å². The highest BCUT2D eigenvalue weighted by Crippen LogP contribution is 2.28. The van der Waals surface area contributed by atoms with Gasteiger partial charge in [0.15, 0.2) is 6.29 Å². The number of hydrogen-bond donors (Lipinski definition) is 0. The van der Waals surface area contributed by atoms with Crippen LogP contribution in [0.25, 0.3) is 0 Å². The molecule has 0 saturated carbocycles. The highest BCUT2D eigenvalue weighted by Gasteiger charge is 2.10. The summed E-state index contributed by atoms with van der Waals surface area (Å²) in [7, 11) is 0. The minimum absolute atomic E-state index is 0.244. The summed E-state index contributed by atoms with van der Waals surface area (Å²) in [5.41, 5.74) is 1.97. The van der Waals surface area contributed by atoms with E-state index in [1.807, 2.05) is 25.1 Å². The SMILES string of the molecule is Cc1cccc(Oc2cc(F)cc(C)c2C=O)c1. The molecule has 0 amide bonds. The summed E-state index contributed by atoms with van der Waals surface area (Å²) < 4.78 is 18.9. The maximum Gasteiger partial charge on any atom is 0.154 e. The maximum absolute atomic E-state index is 13.3. The number of hydrogen-bond acceptors (Lipinski definition) is 2. The average Bonchev–Trinajstić information content (AvgIpc) is 2.28. The molecule has 0 unspecified atom stereocenters. The van der Waals surface area contributed by atoms with Crippen LogP contribution in [0.5, 0.6) is 11.5 Å². The van der Waals surface area contributed by atoms with Crippen LogP contribution in [0.2, 0.25) is 0 Å². The Hall–Kier alpha value is -2.16. The molecule has 2 rings (SSSR count). The topological polar surface area (TPSA) is 26.3 Å². The largest absolute Gasteiger partial charge is 0.456 e. The van der Waals surface area contributed by atoms with Crippen molar-refractivity contribution in [2.75, 3.05) is 0 Å². The summed E-state index contributed by atoms with van der Waals surface area (Å²) >= 11 is 0. The Morgan fingerprint density at radius 1 is 1.17 bits per heavy atom. The van der Waals surface area contributed by atoms with Gasteiger partial charge in [0.25, 0.3) is 0 Å². The van der Waals surface area contributed by atoms with Crippen LogP contribution < -0.4 is 4.74 Å². The lowest BCUT2D eigenvalue weighted by molar-refractivity contribution is 0.112. The second-order valence-electron chi connectivity index (χ2n) is 4.17. The maximum atomic E-state index is 13.3. The summed E-state index contributed by atoms with van der Waals surface area (Å²) in [4.78, 5) is 11.0. The van der Waals surface area contributed by atoms with Crippen molar-refractivity contribution >= 4 is 6.29 Å². The summed E-state index contributed by atoms with van der Waals surface area (Å²) in [5, 5.41) is 0. The van der Waals surface area contributed by atoms with E-state index in [0.29, 0.717) is 23.2 Å². The zero-order chi connectivity index (χ0) is 13.1. The first-order chi connectivity index (χ1) is 8.60. The fraction of sp³-hybridized carbons (Fsp3) is 0.133. The van der Waals surface area contributed by atoms with Crippen LogP contribution in [0, 0.1) is 19.7 Å². The smallest absolute Gasteiger partial charge is 0.154 e. The lowest BCUT2D eigenvalue weighted by Crippen LogP contribution is -1.95. The molecule has 0 atom stereocenters. The molecule has 0 spiro atoms. The van der Waals surface area contributed by atoms with E-state index in [0.717, 1.165) is 5.56 Å². The van der Waals surface area contributed by atoms with Gasteiger partial charge in [-0.05, 0) is 43.2 Å². The van der Waals surface area contributed by atoms with Gasteiger partial charge in [-0.3, -0.25) is 4.79 Å². The van der Waals surface area contributed by atoms with Crippen molar-refractivity contribution in [2.24, 2.45) is 0 Å². The number of aldehydes is 1. The number of carbonyl (C=O) groups excluding carboxylic acids is 1. The lowest BCUT2D eigenvalue weighted by atomic mass is 10.1. The van der Waals surface area contributed by atoms with Gasteiger partial charge in [-0.15, -0.1) is 0 Å². The minimum Gasteiger partial charge on any atom is -0.456 e. The second kappa shape index (κ2) is 5.00. The number of halogens is 1. The van der Waals surface area contributed by atoms with Crippen molar-refractivity contribution < 1.29 is 13.9 Å². The van der Waals surface area contributed by atoms with Crippen LogP contribution in [0.3, 0.4) is 0 Å². The molecule has 2 nitrogen and oxygen atoms in total. The van der Waals surface area contributed by atoms with E-state index in [-0.39, 0.29) is 5.75 Å². The fourth-order valence-electron chi connectivity index (χ4n) is 1.76. The van der Waals surface area contributed by atoms with Crippen LogP contribution in [0.4, 0.5) is 4.39 Å². The highest BCUT2D eigenvalue weighted by molar-refractivity contribution is 5.81. The molecule has 2 aromatic carbocycles. The fourth-order valence-corrected chi connectivity index (χ4v) is 1.76. The van der Waals surface area contributed by atoms with Crippen LogP contribution in [-0.2, 0) is 0 Å². The average molecular weight is 244 g/mol. The molecule has 0 bridgehead atoms. The van der Waals surface area contributed by atoms with E-state index < -0.39 is 5.82 Å². The van der Waals surface area contributed by atoms with Gasteiger partial charge in [-0.2, -0.15) is 0 Å². The Labute approximate surface area is 105 Å². The number of rotatable bonds is 3. The van der Waals surface area contributed by atoms with Crippen LogP contribution in [0.15, 0.2) is 36.4 Å². The van der Waals surface area contributed by atoms with Gasteiger partial charge in [0.05, 0.1) is 5.56 Å². The summed E-state index contributed by atoms with van der Waals surface area (Å²) in [6.45, 7) is 3.61. The molecule has 0 aliphatic carbocycles. The molecule has 3 heteroatoms. The van der Waals surface area contributed by atoms with Gasteiger partial charge >= 0.3 is 0 Å². The quantitative estimate of drug-likeness (QED) is 0.761. The molecule has 0 radical (unpaired) electrons. The molecule has 92 valence electrons. The third-order valence-corrected chi connectivity index (χ3v) is 2.65. The van der Waals surface area contributed by atoms with Gasteiger partial charge < -0.3 is 4.74 Å². The molecule has 0 fully saturated rings. The van der Waals surface area contributed by atoms with Crippen molar-refractivity contribution in [2.45, 2.75) is 13.8 Å². The molecule has 0 saturated heterocycles. The normalized spacial score (nSPS) is 10.2. The zero-order valence-electron chi connectivity index (χ0n) is 10.2. The van der Waals surface area contributed by atoms with Crippen LogP contribution in [0.1, 0.15) is 21.5 Å². The second-order valence-corrected chi connectivity index (χ2v) is 4.17. The Kier molecular flexibility index (Phi) is 3.42. The van der Waals surface area contributed by atoms with Crippen molar-refractivity contribution in [3.8, 4) is 11.5 Å². The Morgan fingerprint density at radius 3 is 2.61 bits per heavy atom. The molecule has 0 N–H and O–H groups in total. The molecule has 0 heterocycles. The number of aryl methyl sites for hydroxylation is 2. The molecule has 0 aliphatic heterocycles. The first-order valence-electron chi connectivity index (χ1n) is 5.60. The molecule has 0 aliphatic rings.